The topological polar surface area (TPSA) is 70.9 Å². The van der Waals surface area contributed by atoms with Crippen LogP contribution in [0.15, 0.2) is 48.7 Å². The molecule has 0 radical (unpaired) electrons. The summed E-state index contributed by atoms with van der Waals surface area (Å²) in [7, 11) is 0. The van der Waals surface area contributed by atoms with Gasteiger partial charge < -0.3 is 5.32 Å². The molecule has 3 aromatic heterocycles. The number of halogens is 1. The lowest BCUT2D eigenvalue weighted by molar-refractivity contribution is 0.750. The van der Waals surface area contributed by atoms with E-state index in [9.17, 15) is 0 Å². The SMILES string of the molecule is Cc1cc(Nc2nc(C(C)c3ccc(Cl)cc3)nn3cccc23)n[nH]1. The summed E-state index contributed by atoms with van der Waals surface area (Å²) in [6.07, 6.45) is 1.91. The number of rotatable bonds is 4. The molecule has 0 saturated carbocycles. The number of fused-ring (bicyclic) bond motifs is 1. The fraction of sp³-hybridized carbons (Fsp3) is 0.167. The normalized spacial score (nSPS) is 12.4. The van der Waals surface area contributed by atoms with Crippen molar-refractivity contribution in [1.29, 1.82) is 0 Å². The Labute approximate surface area is 149 Å². The van der Waals surface area contributed by atoms with Gasteiger partial charge in [-0.25, -0.2) is 9.50 Å². The van der Waals surface area contributed by atoms with E-state index in [0.29, 0.717) is 5.02 Å². The van der Waals surface area contributed by atoms with Crippen LogP contribution >= 0.6 is 11.6 Å². The second-order valence-electron chi connectivity index (χ2n) is 5.99. The van der Waals surface area contributed by atoms with Crippen molar-refractivity contribution in [3.63, 3.8) is 0 Å². The minimum atomic E-state index is 0.0329. The van der Waals surface area contributed by atoms with Crippen LogP contribution in [-0.2, 0) is 0 Å². The molecule has 0 aliphatic carbocycles. The summed E-state index contributed by atoms with van der Waals surface area (Å²) in [5.41, 5.74) is 2.99. The molecule has 0 spiro atoms. The molecule has 4 rings (SSSR count). The Morgan fingerprint density at radius 1 is 1.20 bits per heavy atom. The van der Waals surface area contributed by atoms with E-state index in [-0.39, 0.29) is 5.92 Å². The van der Waals surface area contributed by atoms with Crippen molar-refractivity contribution in [2.24, 2.45) is 0 Å². The smallest absolute Gasteiger partial charge is 0.159 e. The third-order valence-electron chi connectivity index (χ3n) is 4.12. The number of aromatic nitrogens is 5. The van der Waals surface area contributed by atoms with Crippen molar-refractivity contribution in [3.8, 4) is 0 Å². The fourth-order valence-electron chi connectivity index (χ4n) is 2.73. The van der Waals surface area contributed by atoms with E-state index in [0.717, 1.165) is 34.2 Å². The Bertz CT molecular complexity index is 1020. The van der Waals surface area contributed by atoms with Crippen LogP contribution in [0.5, 0.6) is 0 Å². The van der Waals surface area contributed by atoms with Crippen LogP contribution in [-0.4, -0.2) is 24.8 Å². The summed E-state index contributed by atoms with van der Waals surface area (Å²) in [6.45, 7) is 4.04. The molecule has 7 heteroatoms. The van der Waals surface area contributed by atoms with Gasteiger partial charge in [0.05, 0.1) is 0 Å². The van der Waals surface area contributed by atoms with Crippen LogP contribution in [0, 0.1) is 6.92 Å². The van der Waals surface area contributed by atoms with E-state index in [1.54, 1.807) is 0 Å². The molecule has 3 heterocycles. The highest BCUT2D eigenvalue weighted by molar-refractivity contribution is 6.30. The molecular formula is C18H17ClN6. The molecule has 25 heavy (non-hydrogen) atoms. The largest absolute Gasteiger partial charge is 0.322 e. The predicted molar refractivity (Wildman–Crippen MR) is 98.6 cm³/mol. The van der Waals surface area contributed by atoms with Crippen LogP contribution in [0.2, 0.25) is 5.02 Å². The predicted octanol–water partition coefficient (Wildman–Crippen LogP) is 4.31. The molecule has 1 unspecified atom stereocenters. The summed E-state index contributed by atoms with van der Waals surface area (Å²) >= 11 is 5.99. The number of H-pyrrole nitrogens is 1. The van der Waals surface area contributed by atoms with Gasteiger partial charge in [-0.05, 0) is 36.8 Å². The minimum Gasteiger partial charge on any atom is -0.322 e. The number of nitrogens with zero attached hydrogens (tertiary/aromatic N) is 4. The molecule has 6 nitrogen and oxygen atoms in total. The molecule has 0 fully saturated rings. The van der Waals surface area contributed by atoms with E-state index in [1.165, 1.54) is 0 Å². The van der Waals surface area contributed by atoms with Crippen molar-refractivity contribution in [3.05, 3.63) is 70.8 Å². The first-order valence-electron chi connectivity index (χ1n) is 8.00. The summed E-state index contributed by atoms with van der Waals surface area (Å²) in [5.74, 6) is 2.21. The first-order valence-corrected chi connectivity index (χ1v) is 8.38. The van der Waals surface area contributed by atoms with Crippen LogP contribution in [0.1, 0.15) is 29.9 Å². The molecule has 0 aliphatic rings. The lowest BCUT2D eigenvalue weighted by atomic mass is 10.0. The number of hydrogen-bond acceptors (Lipinski definition) is 4. The summed E-state index contributed by atoms with van der Waals surface area (Å²) in [5, 5.41) is 15.8. The number of benzene rings is 1. The van der Waals surface area contributed by atoms with E-state index in [2.05, 4.69) is 27.5 Å². The maximum absolute atomic E-state index is 5.99. The Kier molecular flexibility index (Phi) is 3.89. The van der Waals surface area contributed by atoms with Crippen LogP contribution in [0.3, 0.4) is 0 Å². The number of aromatic amines is 1. The van der Waals surface area contributed by atoms with Crippen molar-refractivity contribution in [1.82, 2.24) is 24.8 Å². The highest BCUT2D eigenvalue weighted by Crippen LogP contribution is 2.26. The van der Waals surface area contributed by atoms with Gasteiger partial charge in [0.1, 0.15) is 5.52 Å². The average Bonchev–Trinajstić information content (AvgIpc) is 3.23. The molecule has 4 aromatic rings. The van der Waals surface area contributed by atoms with Crippen LogP contribution in [0.4, 0.5) is 11.6 Å². The maximum atomic E-state index is 5.99. The molecule has 2 N–H and O–H groups in total. The lowest BCUT2D eigenvalue weighted by Gasteiger charge is -2.13. The Morgan fingerprint density at radius 3 is 2.72 bits per heavy atom. The zero-order chi connectivity index (χ0) is 17.4. The van der Waals surface area contributed by atoms with Gasteiger partial charge in [-0.2, -0.15) is 10.2 Å². The van der Waals surface area contributed by atoms with Gasteiger partial charge >= 0.3 is 0 Å². The van der Waals surface area contributed by atoms with Gasteiger partial charge in [0.15, 0.2) is 17.5 Å². The summed E-state index contributed by atoms with van der Waals surface area (Å²) in [6, 6.07) is 13.6. The number of hydrogen-bond donors (Lipinski definition) is 2. The summed E-state index contributed by atoms with van der Waals surface area (Å²) in [4.78, 5) is 4.75. The molecule has 1 atom stereocenters. The molecule has 1 aromatic carbocycles. The molecular weight excluding hydrogens is 336 g/mol. The molecule has 0 bridgehead atoms. The third-order valence-corrected chi connectivity index (χ3v) is 4.37. The zero-order valence-electron chi connectivity index (χ0n) is 13.9. The lowest BCUT2D eigenvalue weighted by Crippen LogP contribution is -2.09. The molecule has 0 amide bonds. The average molecular weight is 353 g/mol. The summed E-state index contributed by atoms with van der Waals surface area (Å²) < 4.78 is 1.83. The molecule has 0 aliphatic heterocycles. The van der Waals surface area contributed by atoms with Gasteiger partial charge in [0.25, 0.3) is 0 Å². The maximum Gasteiger partial charge on any atom is 0.159 e. The standard InChI is InChI=1S/C18H17ClN6/c1-11-10-16(23-22-11)20-18-15-4-3-9-25(15)24-17(21-18)12(2)13-5-7-14(19)8-6-13/h3-10,12H,1-2H3,(H2,20,21,22,23,24). The highest BCUT2D eigenvalue weighted by Gasteiger charge is 2.16. The highest BCUT2D eigenvalue weighted by atomic mass is 35.5. The molecule has 126 valence electrons. The van der Waals surface area contributed by atoms with Gasteiger partial charge in [0, 0.05) is 28.9 Å². The van der Waals surface area contributed by atoms with Gasteiger partial charge in [0.2, 0.25) is 0 Å². The number of aryl methyl sites for hydroxylation is 1. The fourth-order valence-corrected chi connectivity index (χ4v) is 2.86. The first kappa shape index (κ1) is 15.7. The zero-order valence-corrected chi connectivity index (χ0v) is 14.6. The second kappa shape index (κ2) is 6.22. The van der Waals surface area contributed by atoms with Gasteiger partial charge in [-0.3, -0.25) is 5.10 Å². The number of nitrogens with one attached hydrogen (secondary N) is 2. The Balaban J connectivity index is 1.75. The quantitative estimate of drug-likeness (QED) is 0.574. The van der Waals surface area contributed by atoms with Crippen molar-refractivity contribution >= 4 is 28.8 Å². The van der Waals surface area contributed by atoms with E-state index in [1.807, 2.05) is 60.1 Å². The van der Waals surface area contributed by atoms with E-state index < -0.39 is 0 Å². The Morgan fingerprint density at radius 2 is 2.00 bits per heavy atom. The first-order chi connectivity index (χ1) is 12.1. The van der Waals surface area contributed by atoms with Crippen molar-refractivity contribution in [2.75, 3.05) is 5.32 Å². The second-order valence-corrected chi connectivity index (χ2v) is 6.43. The van der Waals surface area contributed by atoms with Crippen LogP contribution in [0.25, 0.3) is 5.52 Å². The third kappa shape index (κ3) is 3.08. The van der Waals surface area contributed by atoms with Crippen molar-refractivity contribution < 1.29 is 0 Å². The van der Waals surface area contributed by atoms with Gasteiger partial charge in [-0.15, -0.1) is 0 Å². The van der Waals surface area contributed by atoms with Gasteiger partial charge in [-0.1, -0.05) is 30.7 Å². The Hall–Kier alpha value is -2.86. The number of anilines is 2. The minimum absolute atomic E-state index is 0.0329. The van der Waals surface area contributed by atoms with Crippen molar-refractivity contribution in [2.45, 2.75) is 19.8 Å². The molecule has 0 saturated heterocycles. The van der Waals surface area contributed by atoms with E-state index >= 15 is 0 Å². The monoisotopic (exact) mass is 352 g/mol. The van der Waals surface area contributed by atoms with Crippen LogP contribution < -0.4 is 5.32 Å². The van der Waals surface area contributed by atoms with E-state index in [4.69, 9.17) is 16.6 Å².